The number of aromatic nitrogens is 9. The van der Waals surface area contributed by atoms with E-state index in [1.165, 1.54) is 17.4 Å². The summed E-state index contributed by atoms with van der Waals surface area (Å²) < 4.78 is 1.61. The molecule has 0 atom stereocenters. The lowest BCUT2D eigenvalue weighted by atomic mass is 10.5. The van der Waals surface area contributed by atoms with Gasteiger partial charge in [-0.05, 0) is 5.21 Å². The van der Waals surface area contributed by atoms with E-state index in [-0.39, 0.29) is 5.82 Å². The summed E-state index contributed by atoms with van der Waals surface area (Å²) >= 11 is 0. The number of nitrogens with two attached hydrogens (primary N) is 1. The van der Waals surface area contributed by atoms with Crippen molar-refractivity contribution in [1.82, 2.24) is 44.7 Å². The van der Waals surface area contributed by atoms with Gasteiger partial charge in [-0.25, -0.2) is 24.9 Å². The van der Waals surface area contributed by atoms with Crippen molar-refractivity contribution in [2.45, 2.75) is 0 Å². The normalized spacial score (nSPS) is 11.4. The van der Waals surface area contributed by atoms with Gasteiger partial charge in [0.25, 0.3) is 0 Å². The third-order valence-electron chi connectivity index (χ3n) is 2.65. The van der Waals surface area contributed by atoms with E-state index >= 15 is 0 Å². The van der Waals surface area contributed by atoms with E-state index in [2.05, 4.69) is 35.2 Å². The summed E-state index contributed by atoms with van der Waals surface area (Å²) in [4.78, 5) is 21.7. The second kappa shape index (κ2) is 3.41. The quantitative estimate of drug-likeness (QED) is 0.470. The molecule has 0 aliphatic heterocycles. The Balaban J connectivity index is 2.07. The van der Waals surface area contributed by atoms with Gasteiger partial charge in [-0.15, -0.1) is 9.89 Å². The highest BCUT2D eigenvalue weighted by atomic mass is 15.7. The Morgan fingerprint density at radius 1 is 1.00 bits per heavy atom. The van der Waals surface area contributed by atoms with Crippen LogP contribution < -0.4 is 5.73 Å². The van der Waals surface area contributed by atoms with Crippen LogP contribution in [0.3, 0.4) is 0 Å². The van der Waals surface area contributed by atoms with Crippen molar-refractivity contribution >= 4 is 28.1 Å². The predicted molar refractivity (Wildman–Crippen MR) is 63.6 cm³/mol. The van der Waals surface area contributed by atoms with E-state index in [9.17, 15) is 0 Å². The Hall–Kier alpha value is -3.17. The highest BCUT2D eigenvalue weighted by Gasteiger charge is 2.13. The summed E-state index contributed by atoms with van der Waals surface area (Å²) in [6.45, 7) is 0. The number of nitrogen functional groups attached to an aromatic ring is 1. The topological polar surface area (TPSA) is 126 Å². The van der Waals surface area contributed by atoms with Crippen LogP contribution in [0.4, 0.5) is 5.82 Å². The molecular formula is C9H6N10. The summed E-state index contributed by atoms with van der Waals surface area (Å²) in [7, 11) is 0. The van der Waals surface area contributed by atoms with Gasteiger partial charge in [-0.3, -0.25) is 0 Å². The largest absolute Gasteiger partial charge is 0.382 e. The van der Waals surface area contributed by atoms with Crippen molar-refractivity contribution in [2.75, 3.05) is 5.73 Å². The summed E-state index contributed by atoms with van der Waals surface area (Å²) in [5.41, 5.74) is 7.87. The molecule has 4 aromatic heterocycles. The minimum absolute atomic E-state index is 0.273. The zero-order chi connectivity index (χ0) is 12.8. The molecule has 0 aromatic carbocycles. The molecule has 0 aliphatic carbocycles. The molecule has 10 nitrogen and oxygen atoms in total. The smallest absolute Gasteiger partial charge is 0.207 e. The van der Waals surface area contributed by atoms with Gasteiger partial charge in [0.2, 0.25) is 5.65 Å². The number of rotatable bonds is 1. The highest BCUT2D eigenvalue weighted by Crippen LogP contribution is 2.14. The van der Waals surface area contributed by atoms with Gasteiger partial charge in [0, 0.05) is 0 Å². The molecule has 0 radical (unpaired) electrons. The molecule has 4 heterocycles. The standard InChI is InChI=1S/C9H6N10/c10-7-6-9(14-3-12-7)19(17-16-6)18-4-15-5-1-11-2-13-8(5)18/h1-4H,(H2,10,12,14). The van der Waals surface area contributed by atoms with Gasteiger partial charge in [0.1, 0.15) is 24.5 Å². The third-order valence-corrected chi connectivity index (χ3v) is 2.65. The molecule has 0 fully saturated rings. The third kappa shape index (κ3) is 1.27. The maximum absolute atomic E-state index is 5.72. The Morgan fingerprint density at radius 3 is 2.84 bits per heavy atom. The first kappa shape index (κ1) is 9.82. The first-order valence-electron chi connectivity index (χ1n) is 5.30. The van der Waals surface area contributed by atoms with Gasteiger partial charge >= 0.3 is 0 Å². The number of nitrogens with zero attached hydrogens (tertiary/aromatic N) is 9. The minimum atomic E-state index is 0.273. The lowest BCUT2D eigenvalue weighted by molar-refractivity contribution is 0.575. The Kier molecular flexibility index (Phi) is 1.76. The Bertz CT molecular complexity index is 890. The first-order valence-corrected chi connectivity index (χ1v) is 5.30. The number of anilines is 1. The van der Waals surface area contributed by atoms with E-state index in [0.29, 0.717) is 22.3 Å². The molecule has 4 aromatic rings. The van der Waals surface area contributed by atoms with E-state index in [0.717, 1.165) is 0 Å². The second-order valence-corrected chi connectivity index (χ2v) is 3.73. The lowest BCUT2D eigenvalue weighted by Gasteiger charge is -2.01. The van der Waals surface area contributed by atoms with E-state index < -0.39 is 0 Å². The number of fused-ring (bicyclic) bond motifs is 2. The average molecular weight is 254 g/mol. The van der Waals surface area contributed by atoms with Crippen LogP contribution in [0.5, 0.6) is 0 Å². The number of hydrogen-bond donors (Lipinski definition) is 1. The summed E-state index contributed by atoms with van der Waals surface area (Å²) in [6.07, 6.45) is 5.96. The molecule has 0 amide bonds. The monoisotopic (exact) mass is 254 g/mol. The average Bonchev–Trinajstić information content (AvgIpc) is 3.02. The molecule has 10 heteroatoms. The maximum atomic E-state index is 5.72. The fraction of sp³-hybridized carbons (Fsp3) is 0. The zero-order valence-corrected chi connectivity index (χ0v) is 9.41. The zero-order valence-electron chi connectivity index (χ0n) is 9.41. The van der Waals surface area contributed by atoms with Crippen LogP contribution in [-0.2, 0) is 0 Å². The Labute approximate surface area is 104 Å². The van der Waals surface area contributed by atoms with Gasteiger partial charge in [-0.1, -0.05) is 0 Å². The summed E-state index contributed by atoms with van der Waals surface area (Å²) in [5.74, 6) is 0.273. The molecule has 0 saturated carbocycles. The number of hydrogen-bond acceptors (Lipinski definition) is 8. The first-order chi connectivity index (χ1) is 9.34. The van der Waals surface area contributed by atoms with E-state index in [1.807, 2.05) is 0 Å². The van der Waals surface area contributed by atoms with Crippen molar-refractivity contribution in [3.8, 4) is 0 Å². The van der Waals surface area contributed by atoms with Gasteiger partial charge in [0.05, 0.1) is 6.20 Å². The van der Waals surface area contributed by atoms with Crippen LogP contribution in [0.15, 0.2) is 25.2 Å². The van der Waals surface area contributed by atoms with Gasteiger partial charge in [0.15, 0.2) is 17.0 Å². The number of imidazole rings is 1. The predicted octanol–water partition coefficient (Wildman–Crippen LogP) is -0.745. The Morgan fingerprint density at radius 2 is 1.89 bits per heavy atom. The van der Waals surface area contributed by atoms with Crippen molar-refractivity contribution in [3.63, 3.8) is 0 Å². The molecule has 19 heavy (non-hydrogen) atoms. The van der Waals surface area contributed by atoms with Crippen molar-refractivity contribution in [1.29, 1.82) is 0 Å². The summed E-state index contributed by atoms with van der Waals surface area (Å²) in [5, 5.41) is 7.95. The molecule has 0 saturated heterocycles. The fourth-order valence-corrected chi connectivity index (χ4v) is 1.79. The summed E-state index contributed by atoms with van der Waals surface area (Å²) in [6, 6.07) is 0. The van der Waals surface area contributed by atoms with E-state index in [1.54, 1.807) is 17.2 Å². The van der Waals surface area contributed by atoms with Gasteiger partial charge < -0.3 is 5.73 Å². The van der Waals surface area contributed by atoms with Crippen LogP contribution >= 0.6 is 0 Å². The van der Waals surface area contributed by atoms with Crippen LogP contribution in [0.2, 0.25) is 0 Å². The molecule has 0 bridgehead atoms. The molecule has 0 spiro atoms. The van der Waals surface area contributed by atoms with Crippen molar-refractivity contribution in [3.05, 3.63) is 25.2 Å². The lowest BCUT2D eigenvalue weighted by Crippen LogP contribution is -2.11. The van der Waals surface area contributed by atoms with E-state index in [4.69, 9.17) is 5.73 Å². The molecule has 4 rings (SSSR count). The van der Waals surface area contributed by atoms with Crippen molar-refractivity contribution in [2.24, 2.45) is 0 Å². The molecule has 2 N–H and O–H groups in total. The van der Waals surface area contributed by atoms with Crippen LogP contribution in [0.25, 0.3) is 22.3 Å². The second-order valence-electron chi connectivity index (χ2n) is 3.73. The van der Waals surface area contributed by atoms with Crippen LogP contribution in [0, 0.1) is 0 Å². The highest BCUT2D eigenvalue weighted by molar-refractivity contribution is 5.80. The molecule has 0 aliphatic rings. The maximum Gasteiger partial charge on any atom is 0.207 e. The van der Waals surface area contributed by atoms with Crippen molar-refractivity contribution < 1.29 is 0 Å². The molecule has 0 unspecified atom stereocenters. The van der Waals surface area contributed by atoms with Gasteiger partial charge in [-0.2, -0.15) is 4.68 Å². The SMILES string of the molecule is Nc1ncnc2c1nnn2-n1cnc2cncnc21. The minimum Gasteiger partial charge on any atom is -0.382 e. The molecular weight excluding hydrogens is 248 g/mol. The fourth-order valence-electron chi connectivity index (χ4n) is 1.79. The van der Waals surface area contributed by atoms with Crippen LogP contribution in [0.1, 0.15) is 0 Å². The van der Waals surface area contributed by atoms with Crippen LogP contribution in [-0.4, -0.2) is 44.7 Å². The molecule has 92 valence electrons.